The fraction of sp³-hybridized carbons (Fsp3) is 0.441. The van der Waals surface area contributed by atoms with Gasteiger partial charge in [0.15, 0.2) is 0 Å². The van der Waals surface area contributed by atoms with Gasteiger partial charge >= 0.3 is 6.18 Å². The molecule has 13 heteroatoms. The van der Waals surface area contributed by atoms with Gasteiger partial charge in [-0.05, 0) is 49.2 Å². The molecule has 3 aliphatic rings. The Hall–Kier alpha value is -4.20. The van der Waals surface area contributed by atoms with Gasteiger partial charge in [-0.15, -0.1) is 0 Å². The lowest BCUT2D eigenvalue weighted by molar-refractivity contribution is -0.138. The summed E-state index contributed by atoms with van der Waals surface area (Å²) in [5, 5.41) is 13.9. The Kier molecular flexibility index (Phi) is 12.6. The molecule has 2 aromatic carbocycles. The fourth-order valence-electron chi connectivity index (χ4n) is 5.54. The number of benzene rings is 2. The van der Waals surface area contributed by atoms with Crippen LogP contribution in [0.25, 0.3) is 0 Å². The van der Waals surface area contributed by atoms with Crippen LogP contribution in [0.5, 0.6) is 17.2 Å². The van der Waals surface area contributed by atoms with Crippen molar-refractivity contribution in [3.8, 4) is 17.2 Å². The summed E-state index contributed by atoms with van der Waals surface area (Å²) in [4.78, 5) is 28.9. The van der Waals surface area contributed by atoms with E-state index in [-0.39, 0.29) is 12.5 Å². The number of nitrogens with zero attached hydrogens (tertiary/aromatic N) is 3. The summed E-state index contributed by atoms with van der Waals surface area (Å²) in [6.07, 6.45) is -0.919. The van der Waals surface area contributed by atoms with Crippen LogP contribution in [0.3, 0.4) is 0 Å². The minimum absolute atomic E-state index is 0.000606. The highest BCUT2D eigenvalue weighted by atomic mass is 19.4. The Labute approximate surface area is 272 Å². The Morgan fingerprint density at radius 3 is 2.51 bits per heavy atom. The molecule has 1 unspecified atom stereocenters. The number of halogens is 3. The van der Waals surface area contributed by atoms with Crippen LogP contribution >= 0.6 is 0 Å². The van der Waals surface area contributed by atoms with E-state index < -0.39 is 11.7 Å². The number of aliphatic hydroxyl groups excluding tert-OH is 1. The number of pyridine rings is 1. The topological polar surface area (TPSA) is 116 Å². The molecule has 1 saturated heterocycles. The molecule has 1 atom stereocenters. The minimum Gasteiger partial charge on any atom is -0.493 e. The highest BCUT2D eigenvalue weighted by Crippen LogP contribution is 2.39. The molecule has 3 aromatic rings. The van der Waals surface area contributed by atoms with Gasteiger partial charge in [-0.1, -0.05) is 24.6 Å². The number of rotatable bonds is 7. The Morgan fingerprint density at radius 2 is 1.83 bits per heavy atom. The minimum atomic E-state index is -4.31. The van der Waals surface area contributed by atoms with E-state index in [0.29, 0.717) is 55.2 Å². The van der Waals surface area contributed by atoms with Gasteiger partial charge in [-0.2, -0.15) is 13.2 Å². The number of β-amino-alcohol motifs (C(OH)–C–C–N with tert-alkyl or cyclic N) is 1. The number of aromatic nitrogens is 1. The Bertz CT molecular complexity index is 1510. The summed E-state index contributed by atoms with van der Waals surface area (Å²) in [6.45, 7) is 8.63. The van der Waals surface area contributed by atoms with Crippen LogP contribution in [-0.4, -0.2) is 85.2 Å². The number of anilines is 1. The summed E-state index contributed by atoms with van der Waals surface area (Å²) in [5.41, 5.74) is 2.56. The molecule has 0 bridgehead atoms. The SMILES string of the molecule is CC1COc2ccc(Oc3ccnc4c3CCC(=O)N4)cc21.CNC=O.Cc1ccc(CN2CCN(CCO)CC2)c(C(F)(F)F)c1. The molecule has 1 aromatic heterocycles. The summed E-state index contributed by atoms with van der Waals surface area (Å²) in [5.74, 6) is 3.44. The number of carbonyl (C=O) groups is 2. The van der Waals surface area contributed by atoms with E-state index in [1.165, 1.54) is 11.6 Å². The third-order valence-electron chi connectivity index (χ3n) is 8.07. The van der Waals surface area contributed by atoms with Crippen molar-refractivity contribution in [3.05, 3.63) is 76.5 Å². The predicted molar refractivity (Wildman–Crippen MR) is 172 cm³/mol. The van der Waals surface area contributed by atoms with E-state index in [9.17, 15) is 18.0 Å². The van der Waals surface area contributed by atoms with Crippen LogP contribution in [0, 0.1) is 6.92 Å². The molecule has 6 rings (SSSR count). The number of piperazine rings is 1. The van der Waals surface area contributed by atoms with Crippen molar-refractivity contribution in [2.75, 3.05) is 58.3 Å². The Morgan fingerprint density at radius 1 is 1.11 bits per heavy atom. The van der Waals surface area contributed by atoms with Crippen LogP contribution in [0.15, 0.2) is 48.7 Å². The maximum Gasteiger partial charge on any atom is 0.416 e. The number of aliphatic hydroxyl groups is 1. The molecule has 10 nitrogen and oxygen atoms in total. The molecule has 1 fully saturated rings. The average molecular weight is 658 g/mol. The smallest absolute Gasteiger partial charge is 0.416 e. The number of nitrogens with one attached hydrogen (secondary N) is 2. The molecule has 3 N–H and O–H groups in total. The second-order valence-electron chi connectivity index (χ2n) is 11.6. The quantitative estimate of drug-likeness (QED) is 0.312. The van der Waals surface area contributed by atoms with Crippen LogP contribution in [0.4, 0.5) is 19.0 Å². The third-order valence-corrected chi connectivity index (χ3v) is 8.07. The van der Waals surface area contributed by atoms with Crippen molar-refractivity contribution < 1.29 is 37.3 Å². The number of ether oxygens (including phenoxy) is 2. The van der Waals surface area contributed by atoms with Crippen molar-refractivity contribution in [2.45, 2.75) is 45.3 Å². The van der Waals surface area contributed by atoms with Gasteiger partial charge < -0.3 is 25.2 Å². The molecular formula is C34H42F3N5O5. The molecule has 0 radical (unpaired) electrons. The molecule has 254 valence electrons. The summed E-state index contributed by atoms with van der Waals surface area (Å²) in [6, 6.07) is 12.3. The number of aryl methyl sites for hydroxylation is 1. The number of alkyl halides is 3. The lowest BCUT2D eigenvalue weighted by Gasteiger charge is -2.34. The molecule has 0 saturated carbocycles. The van der Waals surface area contributed by atoms with E-state index in [2.05, 4.69) is 27.4 Å². The summed E-state index contributed by atoms with van der Waals surface area (Å²) in [7, 11) is 1.56. The van der Waals surface area contributed by atoms with Crippen molar-refractivity contribution in [1.29, 1.82) is 0 Å². The zero-order valence-corrected chi connectivity index (χ0v) is 26.9. The normalized spacial score (nSPS) is 17.4. The van der Waals surface area contributed by atoms with Crippen LogP contribution < -0.4 is 20.1 Å². The number of fused-ring (bicyclic) bond motifs is 2. The van der Waals surface area contributed by atoms with E-state index in [1.807, 2.05) is 29.2 Å². The van der Waals surface area contributed by atoms with Crippen molar-refractivity contribution in [2.24, 2.45) is 0 Å². The molecule has 0 spiro atoms. The van der Waals surface area contributed by atoms with E-state index in [4.69, 9.17) is 19.4 Å². The van der Waals surface area contributed by atoms with Crippen LogP contribution in [-0.2, 0) is 28.7 Å². The second kappa shape index (κ2) is 16.6. The lowest BCUT2D eigenvalue weighted by atomic mass is 10.0. The third kappa shape index (κ3) is 9.90. The van der Waals surface area contributed by atoms with Crippen LogP contribution in [0.2, 0.25) is 0 Å². The van der Waals surface area contributed by atoms with Crippen molar-refractivity contribution >= 4 is 18.1 Å². The summed E-state index contributed by atoms with van der Waals surface area (Å²) < 4.78 is 50.9. The first-order chi connectivity index (χ1) is 22.5. The maximum atomic E-state index is 13.1. The Balaban J connectivity index is 0.000000192. The first kappa shape index (κ1) is 35.7. The molecule has 0 aliphatic carbocycles. The van der Waals surface area contributed by atoms with Gasteiger partial charge in [0.1, 0.15) is 23.1 Å². The van der Waals surface area contributed by atoms with Gasteiger partial charge in [-0.3, -0.25) is 19.4 Å². The molecule has 4 heterocycles. The predicted octanol–water partition coefficient (Wildman–Crippen LogP) is 4.74. The van der Waals surface area contributed by atoms with E-state index in [0.717, 1.165) is 55.6 Å². The zero-order valence-electron chi connectivity index (χ0n) is 26.9. The largest absolute Gasteiger partial charge is 0.493 e. The number of hydrogen-bond donors (Lipinski definition) is 3. The number of amides is 2. The maximum absolute atomic E-state index is 13.1. The first-order valence-electron chi connectivity index (χ1n) is 15.6. The molecule has 47 heavy (non-hydrogen) atoms. The van der Waals surface area contributed by atoms with Crippen molar-refractivity contribution in [3.63, 3.8) is 0 Å². The first-order valence-corrected chi connectivity index (χ1v) is 15.6. The molecular weight excluding hydrogens is 615 g/mol. The second-order valence-corrected chi connectivity index (χ2v) is 11.6. The standard InChI is InChI=1S/C17H16N2O3.C15H21F3N2O.C2H5NO/c1-10-9-21-14-4-2-11(8-13(10)14)22-15-6-7-18-17-12(15)3-5-16(20)19-17;1-12-2-3-13(14(10-12)15(16,17)18)11-20-6-4-19(5-7-20)8-9-21;1-3-2-4/h2,4,6-8,10H,3,5,9H2,1H3,(H,18,19,20);2-3,10,21H,4-9,11H2,1H3;2H,1H3,(H,3,4). The summed E-state index contributed by atoms with van der Waals surface area (Å²) >= 11 is 0. The highest BCUT2D eigenvalue weighted by molar-refractivity contribution is 5.93. The zero-order chi connectivity index (χ0) is 34.0. The van der Waals surface area contributed by atoms with Gasteiger partial charge in [0.05, 0.1) is 18.8 Å². The monoisotopic (exact) mass is 657 g/mol. The average Bonchev–Trinajstić information content (AvgIpc) is 3.42. The fourth-order valence-corrected chi connectivity index (χ4v) is 5.54. The number of hydrogen-bond acceptors (Lipinski definition) is 8. The molecule has 3 aliphatic heterocycles. The van der Waals surface area contributed by atoms with E-state index in [1.54, 1.807) is 32.3 Å². The van der Waals surface area contributed by atoms with E-state index >= 15 is 0 Å². The van der Waals surface area contributed by atoms with Crippen molar-refractivity contribution in [1.82, 2.24) is 20.1 Å². The lowest BCUT2D eigenvalue weighted by Crippen LogP contribution is -2.46. The van der Waals surface area contributed by atoms with Gasteiger partial charge in [0.25, 0.3) is 0 Å². The molecule has 2 amide bonds. The van der Waals surface area contributed by atoms with Gasteiger partial charge in [-0.25, -0.2) is 4.98 Å². The number of carbonyl (C=O) groups excluding carboxylic acids is 2. The highest BCUT2D eigenvalue weighted by Gasteiger charge is 2.34. The van der Waals surface area contributed by atoms with Gasteiger partial charge in [0, 0.05) is 76.0 Å². The van der Waals surface area contributed by atoms with Gasteiger partial charge in [0.2, 0.25) is 12.3 Å². The van der Waals surface area contributed by atoms with Crippen LogP contribution in [0.1, 0.15) is 47.1 Å².